The highest BCUT2D eigenvalue weighted by Gasteiger charge is 2.33. The Morgan fingerprint density at radius 1 is 1.24 bits per heavy atom. The number of hydrogen-bond donors (Lipinski definition) is 4. The predicted octanol–water partition coefficient (Wildman–Crippen LogP) is 3.08. The molecule has 2 rings (SSSR count). The largest absolute Gasteiger partial charge is 0.480 e. The summed E-state index contributed by atoms with van der Waals surface area (Å²) in [5.41, 5.74) is 1.56. The molecule has 0 heterocycles. The van der Waals surface area contributed by atoms with E-state index in [1.807, 2.05) is 18.2 Å². The summed E-state index contributed by atoms with van der Waals surface area (Å²) in [6.07, 6.45) is 0.860. The van der Waals surface area contributed by atoms with Gasteiger partial charge in [0.2, 0.25) is 0 Å². The average Bonchev–Trinajstić information content (AvgIpc) is 2.59. The van der Waals surface area contributed by atoms with Crippen LogP contribution in [-0.2, 0) is 14.9 Å². The summed E-state index contributed by atoms with van der Waals surface area (Å²) >= 11 is 0. The van der Waals surface area contributed by atoms with E-state index in [2.05, 4.69) is 35.9 Å². The highest BCUT2D eigenvalue weighted by Crippen LogP contribution is 2.41. The molecule has 2 atom stereocenters. The lowest BCUT2D eigenvalue weighted by Crippen LogP contribution is -2.51. The van der Waals surface area contributed by atoms with Crippen LogP contribution in [0.3, 0.4) is 0 Å². The number of carboxylic acids is 1. The first kappa shape index (κ1) is 22.5. The summed E-state index contributed by atoms with van der Waals surface area (Å²) in [4.78, 5) is 35.6. The number of aliphatic carboxylic acids is 1. The minimum atomic E-state index is -1.30. The van der Waals surface area contributed by atoms with Crippen molar-refractivity contribution in [3.63, 3.8) is 0 Å². The molecule has 0 saturated carbocycles. The molecule has 0 spiro atoms. The molecule has 0 radical (unpaired) electrons. The van der Waals surface area contributed by atoms with Crippen LogP contribution >= 0.6 is 0 Å². The van der Waals surface area contributed by atoms with Crippen LogP contribution in [-0.4, -0.2) is 41.4 Å². The van der Waals surface area contributed by atoms with E-state index >= 15 is 0 Å². The molecule has 1 aromatic carbocycles. The molecule has 29 heavy (non-hydrogen) atoms. The minimum absolute atomic E-state index is 0.0387. The van der Waals surface area contributed by atoms with Gasteiger partial charge in [0.05, 0.1) is 12.6 Å². The molecular weight excluding hydrogens is 374 g/mol. The van der Waals surface area contributed by atoms with Gasteiger partial charge in [-0.15, -0.1) is 0 Å². The number of hydrogen-bond acceptors (Lipinski definition) is 4. The topological polar surface area (TPSA) is 117 Å². The van der Waals surface area contributed by atoms with E-state index < -0.39 is 29.7 Å². The van der Waals surface area contributed by atoms with Gasteiger partial charge in [0.1, 0.15) is 11.6 Å². The molecule has 0 saturated heterocycles. The van der Waals surface area contributed by atoms with Gasteiger partial charge < -0.3 is 25.8 Å². The van der Waals surface area contributed by atoms with E-state index in [0.717, 1.165) is 18.4 Å². The maximum atomic E-state index is 12.4. The van der Waals surface area contributed by atoms with Gasteiger partial charge in [-0.25, -0.2) is 14.4 Å². The third-order valence-corrected chi connectivity index (χ3v) is 4.88. The Labute approximate surface area is 171 Å². The first-order chi connectivity index (χ1) is 13.4. The molecule has 0 bridgehead atoms. The molecule has 0 fully saturated rings. The molecule has 3 amide bonds. The van der Waals surface area contributed by atoms with Crippen molar-refractivity contribution < 1.29 is 24.2 Å². The molecule has 0 aliphatic heterocycles. The van der Waals surface area contributed by atoms with Crippen molar-refractivity contribution in [1.29, 1.82) is 0 Å². The van der Waals surface area contributed by atoms with Crippen LogP contribution in [0.15, 0.2) is 24.3 Å². The van der Waals surface area contributed by atoms with E-state index in [9.17, 15) is 19.5 Å². The lowest BCUT2D eigenvalue weighted by atomic mass is 9.71. The Kier molecular flexibility index (Phi) is 6.77. The van der Waals surface area contributed by atoms with Crippen LogP contribution in [0.5, 0.6) is 0 Å². The van der Waals surface area contributed by atoms with E-state index in [4.69, 9.17) is 4.74 Å². The van der Waals surface area contributed by atoms with Crippen molar-refractivity contribution in [1.82, 2.24) is 16.0 Å². The maximum Gasteiger partial charge on any atom is 0.408 e. The summed E-state index contributed by atoms with van der Waals surface area (Å²) in [6.45, 7) is 9.14. The van der Waals surface area contributed by atoms with Crippen LogP contribution in [0.1, 0.15) is 64.6 Å². The fourth-order valence-electron chi connectivity index (χ4n) is 3.42. The fourth-order valence-corrected chi connectivity index (χ4v) is 3.42. The average molecular weight is 405 g/mol. The lowest BCUT2D eigenvalue weighted by Gasteiger charge is -2.37. The van der Waals surface area contributed by atoms with Crippen molar-refractivity contribution in [3.8, 4) is 0 Å². The van der Waals surface area contributed by atoms with Crippen LogP contribution in [0.4, 0.5) is 9.59 Å². The number of rotatable bonds is 5. The summed E-state index contributed by atoms with van der Waals surface area (Å²) in [7, 11) is 0. The van der Waals surface area contributed by atoms with Crippen molar-refractivity contribution in [2.45, 2.75) is 70.6 Å². The first-order valence-electron chi connectivity index (χ1n) is 9.75. The molecule has 8 nitrogen and oxygen atoms in total. The second-order valence-electron chi connectivity index (χ2n) is 8.95. The minimum Gasteiger partial charge on any atom is -0.480 e. The van der Waals surface area contributed by atoms with Crippen LogP contribution < -0.4 is 16.0 Å². The van der Waals surface area contributed by atoms with Crippen LogP contribution in [0, 0.1) is 0 Å². The Morgan fingerprint density at radius 2 is 1.90 bits per heavy atom. The zero-order chi connectivity index (χ0) is 21.8. The smallest absolute Gasteiger partial charge is 0.408 e. The highest BCUT2D eigenvalue weighted by molar-refractivity contribution is 5.81. The monoisotopic (exact) mass is 405 g/mol. The number of carbonyl (C=O) groups is 3. The van der Waals surface area contributed by atoms with Gasteiger partial charge in [-0.2, -0.15) is 0 Å². The van der Waals surface area contributed by atoms with Crippen LogP contribution in [0.25, 0.3) is 0 Å². The number of urea groups is 1. The molecule has 4 N–H and O–H groups in total. The number of carboxylic acid groups (broad SMARTS) is 1. The zero-order valence-corrected chi connectivity index (χ0v) is 17.7. The molecule has 2 unspecified atom stereocenters. The number of amides is 3. The zero-order valence-electron chi connectivity index (χ0n) is 17.7. The third kappa shape index (κ3) is 6.37. The fraction of sp³-hybridized carbons (Fsp3) is 0.571. The SMILES string of the molecule is CC(C)(C)OC(=O)NC(CNC(=O)NC1CCC(C)(C)c2ccccc21)C(=O)O. The molecule has 160 valence electrons. The van der Waals surface area contributed by atoms with Crippen molar-refractivity contribution in [3.05, 3.63) is 35.4 Å². The number of alkyl carbamates (subject to hydrolysis) is 1. The Balaban J connectivity index is 1.94. The Morgan fingerprint density at radius 3 is 2.52 bits per heavy atom. The van der Waals surface area contributed by atoms with E-state index in [-0.39, 0.29) is 18.0 Å². The van der Waals surface area contributed by atoms with Crippen molar-refractivity contribution in [2.75, 3.05) is 6.54 Å². The molecule has 1 aromatic rings. The van der Waals surface area contributed by atoms with Gasteiger partial charge >= 0.3 is 18.1 Å². The van der Waals surface area contributed by atoms with Crippen molar-refractivity contribution >= 4 is 18.1 Å². The summed E-state index contributed by atoms with van der Waals surface area (Å²) < 4.78 is 5.06. The number of nitrogens with one attached hydrogen (secondary N) is 3. The molecular formula is C21H31N3O5. The quantitative estimate of drug-likeness (QED) is 0.601. The predicted molar refractivity (Wildman–Crippen MR) is 109 cm³/mol. The summed E-state index contributed by atoms with van der Waals surface area (Å²) in [5, 5.41) is 17.0. The normalized spacial score (nSPS) is 18.7. The van der Waals surface area contributed by atoms with Gasteiger partial charge in [-0.1, -0.05) is 38.1 Å². The van der Waals surface area contributed by atoms with Gasteiger partial charge in [-0.3, -0.25) is 0 Å². The van der Waals surface area contributed by atoms with E-state index in [0.29, 0.717) is 0 Å². The first-order valence-corrected chi connectivity index (χ1v) is 9.75. The van der Waals surface area contributed by atoms with E-state index in [1.54, 1.807) is 20.8 Å². The number of benzene rings is 1. The maximum absolute atomic E-state index is 12.4. The second-order valence-corrected chi connectivity index (χ2v) is 8.95. The third-order valence-electron chi connectivity index (χ3n) is 4.88. The highest BCUT2D eigenvalue weighted by atomic mass is 16.6. The Hall–Kier alpha value is -2.77. The van der Waals surface area contributed by atoms with Gasteiger partial charge in [0.25, 0.3) is 0 Å². The standard InChI is InChI=1S/C21H31N3O5/c1-20(2,3)29-19(28)24-16(17(25)26)12-22-18(27)23-15-10-11-21(4,5)14-9-7-6-8-13(14)15/h6-9,15-16H,10-12H2,1-5H3,(H,24,28)(H,25,26)(H2,22,23,27). The molecule has 1 aliphatic carbocycles. The number of carbonyl (C=O) groups excluding carboxylic acids is 2. The van der Waals surface area contributed by atoms with Crippen LogP contribution in [0.2, 0.25) is 0 Å². The molecule has 1 aliphatic rings. The van der Waals surface area contributed by atoms with E-state index in [1.165, 1.54) is 5.56 Å². The summed E-state index contributed by atoms with van der Waals surface area (Å²) in [6, 6.07) is 6.08. The Bertz CT molecular complexity index is 770. The number of fused-ring (bicyclic) bond motifs is 1. The van der Waals surface area contributed by atoms with Crippen molar-refractivity contribution in [2.24, 2.45) is 0 Å². The van der Waals surface area contributed by atoms with Gasteiger partial charge in [-0.05, 0) is 50.2 Å². The second kappa shape index (κ2) is 8.71. The molecule has 0 aromatic heterocycles. The summed E-state index contributed by atoms with van der Waals surface area (Å²) in [5.74, 6) is -1.26. The van der Waals surface area contributed by atoms with Gasteiger partial charge in [0, 0.05) is 0 Å². The number of ether oxygens (including phenoxy) is 1. The van der Waals surface area contributed by atoms with Gasteiger partial charge in [0.15, 0.2) is 0 Å². The molecule has 8 heteroatoms. The lowest BCUT2D eigenvalue weighted by molar-refractivity contribution is -0.139.